The molecule has 2 aromatic carbocycles. The van der Waals surface area contributed by atoms with Crippen molar-refractivity contribution in [3.8, 4) is 0 Å². The molecule has 0 atom stereocenters. The van der Waals surface area contributed by atoms with E-state index < -0.39 is 0 Å². The number of halogens is 1. The normalized spacial score (nSPS) is 14.3. The third-order valence-corrected chi connectivity index (χ3v) is 4.67. The van der Waals surface area contributed by atoms with Gasteiger partial charge in [0.1, 0.15) is 11.6 Å². The minimum Gasteiger partial charge on any atom is -0.366 e. The van der Waals surface area contributed by atoms with Crippen molar-refractivity contribution >= 4 is 23.1 Å². The van der Waals surface area contributed by atoms with Crippen molar-refractivity contribution in [3.05, 3.63) is 72.2 Å². The third kappa shape index (κ3) is 4.00. The summed E-state index contributed by atoms with van der Waals surface area (Å²) in [4.78, 5) is 13.5. The predicted molar refractivity (Wildman–Crippen MR) is 107 cm³/mol. The van der Waals surface area contributed by atoms with E-state index in [1.807, 2.05) is 55.5 Å². The average Bonchev–Trinajstić information content (AvgIpc) is 2.69. The molecule has 138 valence electrons. The average molecular weight is 363 g/mol. The van der Waals surface area contributed by atoms with E-state index in [1.165, 1.54) is 6.07 Å². The number of aromatic nitrogens is 2. The van der Waals surface area contributed by atoms with E-state index in [9.17, 15) is 4.39 Å². The summed E-state index contributed by atoms with van der Waals surface area (Å²) in [6.07, 6.45) is 0. The lowest BCUT2D eigenvalue weighted by Gasteiger charge is -2.37. The summed E-state index contributed by atoms with van der Waals surface area (Å²) in [5.74, 6) is 1.32. The number of nitrogens with one attached hydrogen (secondary N) is 1. The maximum absolute atomic E-state index is 14.0. The second-order valence-electron chi connectivity index (χ2n) is 6.61. The zero-order chi connectivity index (χ0) is 18.6. The lowest BCUT2D eigenvalue weighted by Crippen LogP contribution is -2.47. The Morgan fingerprint density at radius 3 is 2.26 bits per heavy atom. The minimum atomic E-state index is -0.168. The number of anilines is 4. The highest BCUT2D eigenvalue weighted by Gasteiger charge is 2.21. The van der Waals surface area contributed by atoms with E-state index in [4.69, 9.17) is 0 Å². The van der Waals surface area contributed by atoms with Crippen LogP contribution in [0.1, 0.15) is 5.69 Å². The van der Waals surface area contributed by atoms with Crippen molar-refractivity contribution in [2.45, 2.75) is 6.92 Å². The van der Waals surface area contributed by atoms with Gasteiger partial charge in [-0.1, -0.05) is 30.3 Å². The third-order valence-electron chi connectivity index (χ3n) is 4.67. The molecule has 3 aromatic rings. The Hall–Kier alpha value is -3.15. The topological polar surface area (TPSA) is 44.3 Å². The smallest absolute Gasteiger partial charge is 0.229 e. The monoisotopic (exact) mass is 363 g/mol. The van der Waals surface area contributed by atoms with Crippen LogP contribution < -0.4 is 15.1 Å². The van der Waals surface area contributed by atoms with E-state index in [0.29, 0.717) is 11.6 Å². The molecule has 0 unspecified atom stereocenters. The number of para-hydroxylation sites is 2. The molecule has 6 heteroatoms. The van der Waals surface area contributed by atoms with E-state index in [0.717, 1.165) is 43.4 Å². The van der Waals surface area contributed by atoms with Crippen molar-refractivity contribution in [1.82, 2.24) is 9.97 Å². The highest BCUT2D eigenvalue weighted by Crippen LogP contribution is 2.23. The van der Waals surface area contributed by atoms with Gasteiger partial charge in [0, 0.05) is 43.6 Å². The summed E-state index contributed by atoms with van der Waals surface area (Å²) in [5.41, 5.74) is 2.54. The van der Waals surface area contributed by atoms with Gasteiger partial charge >= 0.3 is 0 Å². The van der Waals surface area contributed by atoms with Crippen LogP contribution in [0.5, 0.6) is 0 Å². The Kier molecular flexibility index (Phi) is 4.87. The molecule has 1 N–H and O–H groups in total. The molecule has 27 heavy (non-hydrogen) atoms. The SMILES string of the molecule is Cc1cc(N2CCN(c3ccccc3F)CC2)nc(Nc2ccccc2)n1. The lowest BCUT2D eigenvalue weighted by molar-refractivity contribution is 0.596. The lowest BCUT2D eigenvalue weighted by atomic mass is 10.2. The van der Waals surface area contributed by atoms with Crippen LogP contribution in [0.3, 0.4) is 0 Å². The van der Waals surface area contributed by atoms with Gasteiger partial charge in [0.05, 0.1) is 5.69 Å². The van der Waals surface area contributed by atoms with Gasteiger partial charge in [-0.3, -0.25) is 0 Å². The molecule has 1 saturated heterocycles. The van der Waals surface area contributed by atoms with Crippen LogP contribution in [0.25, 0.3) is 0 Å². The molecule has 5 nitrogen and oxygen atoms in total. The largest absolute Gasteiger partial charge is 0.366 e. The predicted octanol–water partition coefficient (Wildman–Crippen LogP) is 3.99. The molecule has 1 fully saturated rings. The molecule has 0 aliphatic carbocycles. The standard InChI is InChI=1S/C21H22FN5/c1-16-15-20(25-21(23-16)24-17-7-3-2-4-8-17)27-13-11-26(12-14-27)19-10-6-5-9-18(19)22/h2-10,15H,11-14H2,1H3,(H,23,24,25). The summed E-state index contributed by atoms with van der Waals surface area (Å²) in [6, 6.07) is 18.8. The second kappa shape index (κ2) is 7.61. The summed E-state index contributed by atoms with van der Waals surface area (Å²) >= 11 is 0. The number of hydrogen-bond donors (Lipinski definition) is 1. The van der Waals surface area contributed by atoms with Crippen LogP contribution >= 0.6 is 0 Å². The van der Waals surface area contributed by atoms with Crippen LogP contribution in [0.4, 0.5) is 27.5 Å². The van der Waals surface area contributed by atoms with Crippen molar-refractivity contribution in [3.63, 3.8) is 0 Å². The molecular weight excluding hydrogens is 341 g/mol. The zero-order valence-electron chi connectivity index (χ0n) is 15.3. The first-order valence-corrected chi connectivity index (χ1v) is 9.11. The van der Waals surface area contributed by atoms with Gasteiger partial charge in [0.2, 0.25) is 5.95 Å². The fourth-order valence-electron chi connectivity index (χ4n) is 3.31. The van der Waals surface area contributed by atoms with Crippen molar-refractivity contribution in [2.24, 2.45) is 0 Å². The van der Waals surface area contributed by atoms with E-state index in [-0.39, 0.29) is 5.82 Å². The van der Waals surface area contributed by atoms with E-state index in [1.54, 1.807) is 6.07 Å². The molecule has 1 aliphatic rings. The second-order valence-corrected chi connectivity index (χ2v) is 6.61. The molecule has 0 bridgehead atoms. The number of hydrogen-bond acceptors (Lipinski definition) is 5. The summed E-state index contributed by atoms with van der Waals surface area (Å²) < 4.78 is 14.0. The fourth-order valence-corrected chi connectivity index (χ4v) is 3.31. The zero-order valence-corrected chi connectivity index (χ0v) is 15.3. The number of rotatable bonds is 4. The summed E-state index contributed by atoms with van der Waals surface area (Å²) in [5, 5.41) is 3.26. The van der Waals surface area contributed by atoms with Crippen molar-refractivity contribution in [2.75, 3.05) is 41.3 Å². The molecular formula is C21H22FN5. The highest BCUT2D eigenvalue weighted by molar-refractivity contribution is 5.56. The molecule has 4 rings (SSSR count). The number of nitrogens with zero attached hydrogens (tertiary/aromatic N) is 4. The molecule has 1 aromatic heterocycles. The molecule has 1 aliphatic heterocycles. The van der Waals surface area contributed by atoms with Gasteiger partial charge in [0.25, 0.3) is 0 Å². The Morgan fingerprint density at radius 1 is 0.852 bits per heavy atom. The van der Waals surface area contributed by atoms with Crippen LogP contribution in [0.2, 0.25) is 0 Å². The Labute approximate surface area is 158 Å². The molecule has 2 heterocycles. The van der Waals surface area contributed by atoms with Crippen LogP contribution in [-0.4, -0.2) is 36.1 Å². The van der Waals surface area contributed by atoms with E-state index >= 15 is 0 Å². The number of aryl methyl sites for hydroxylation is 1. The Balaban J connectivity index is 1.47. The summed E-state index contributed by atoms with van der Waals surface area (Å²) in [6.45, 7) is 5.05. The van der Waals surface area contributed by atoms with Gasteiger partial charge in [-0.25, -0.2) is 9.37 Å². The van der Waals surface area contributed by atoms with Crippen molar-refractivity contribution in [1.29, 1.82) is 0 Å². The quantitative estimate of drug-likeness (QED) is 0.759. The van der Waals surface area contributed by atoms with Gasteiger partial charge in [-0.05, 0) is 31.2 Å². The Bertz CT molecular complexity index is 907. The van der Waals surface area contributed by atoms with Crippen LogP contribution in [0, 0.1) is 12.7 Å². The molecule has 0 amide bonds. The minimum absolute atomic E-state index is 0.168. The maximum Gasteiger partial charge on any atom is 0.229 e. The molecule has 0 spiro atoms. The van der Waals surface area contributed by atoms with E-state index in [2.05, 4.69) is 25.1 Å². The molecule has 0 saturated carbocycles. The van der Waals surface area contributed by atoms with Gasteiger partial charge < -0.3 is 15.1 Å². The number of benzene rings is 2. The fraction of sp³-hybridized carbons (Fsp3) is 0.238. The highest BCUT2D eigenvalue weighted by atomic mass is 19.1. The number of piperazine rings is 1. The van der Waals surface area contributed by atoms with Crippen LogP contribution in [-0.2, 0) is 0 Å². The first-order valence-electron chi connectivity index (χ1n) is 9.11. The van der Waals surface area contributed by atoms with Crippen molar-refractivity contribution < 1.29 is 4.39 Å². The first-order chi connectivity index (χ1) is 13.2. The first kappa shape index (κ1) is 17.3. The van der Waals surface area contributed by atoms with Crippen LogP contribution in [0.15, 0.2) is 60.7 Å². The molecule has 0 radical (unpaired) electrons. The van der Waals surface area contributed by atoms with Gasteiger partial charge in [-0.2, -0.15) is 4.98 Å². The Morgan fingerprint density at radius 2 is 1.52 bits per heavy atom. The van der Waals surface area contributed by atoms with Gasteiger partial charge in [-0.15, -0.1) is 0 Å². The summed E-state index contributed by atoms with van der Waals surface area (Å²) in [7, 11) is 0. The maximum atomic E-state index is 14.0. The van der Waals surface area contributed by atoms with Gasteiger partial charge in [0.15, 0.2) is 0 Å².